The van der Waals surface area contributed by atoms with Crippen LogP contribution in [0.4, 0.5) is 0 Å². The molecule has 19 heavy (non-hydrogen) atoms. The molecular weight excluding hydrogens is 346 g/mol. The van der Waals surface area contributed by atoms with Crippen LogP contribution >= 0.6 is 51.7 Å². The molecule has 1 unspecified atom stereocenters. The minimum atomic E-state index is -2.74. The lowest BCUT2D eigenvalue weighted by Gasteiger charge is -2.15. The number of hydrogen-bond acceptors (Lipinski definition) is 6. The van der Waals surface area contributed by atoms with Gasteiger partial charge in [0.1, 0.15) is 5.15 Å². The smallest absolute Gasteiger partial charge is 0.313 e. The highest BCUT2D eigenvalue weighted by Crippen LogP contribution is 2.70. The molecule has 0 aliphatic heterocycles. The van der Waals surface area contributed by atoms with Crippen molar-refractivity contribution in [2.75, 3.05) is 12.4 Å². The van der Waals surface area contributed by atoms with Gasteiger partial charge in [0.25, 0.3) is 0 Å². The van der Waals surface area contributed by atoms with Gasteiger partial charge in [-0.05, 0) is 31.0 Å². The van der Waals surface area contributed by atoms with Gasteiger partial charge in [0, 0.05) is 11.5 Å². The lowest BCUT2D eigenvalue weighted by atomic mass is 10.5. The Kier molecular flexibility index (Phi) is 8.11. The fourth-order valence-electron chi connectivity index (χ4n) is 1.13. The Hall–Kier alpha value is 0.550. The van der Waals surface area contributed by atoms with Gasteiger partial charge in [0.2, 0.25) is 5.28 Å². The molecule has 1 aromatic rings. The normalized spacial score (nSPS) is 14.3. The topological polar surface area (TPSA) is 52.1 Å². The van der Waals surface area contributed by atoms with E-state index in [0.29, 0.717) is 18.1 Å². The fraction of sp³-hybridized carbons (Fsp3) is 0.600. The SMILES string of the molecule is CCCSP(=O)(OCC)SCc1cc(Cl)nc(Cl)n1. The van der Waals surface area contributed by atoms with Crippen LogP contribution in [0.25, 0.3) is 0 Å². The first-order chi connectivity index (χ1) is 8.99. The molecule has 0 amide bonds. The molecule has 1 rings (SSSR count). The van der Waals surface area contributed by atoms with Crippen LogP contribution in [0.15, 0.2) is 6.07 Å². The molecule has 1 atom stereocenters. The predicted molar refractivity (Wildman–Crippen MR) is 85.3 cm³/mol. The maximum atomic E-state index is 12.5. The van der Waals surface area contributed by atoms with E-state index in [0.717, 1.165) is 12.2 Å². The lowest BCUT2D eigenvalue weighted by Crippen LogP contribution is -1.92. The second-order valence-corrected chi connectivity index (χ2v) is 11.6. The second-order valence-electron chi connectivity index (χ2n) is 3.42. The molecule has 0 aliphatic carbocycles. The quantitative estimate of drug-likeness (QED) is 0.356. The molecular formula is C10H15Cl2N2O2PS2. The Morgan fingerprint density at radius 3 is 2.63 bits per heavy atom. The van der Waals surface area contributed by atoms with E-state index in [-0.39, 0.29) is 10.4 Å². The standard InChI is InChI=1S/C10H15Cl2N2O2PS2/c1-3-5-18-17(15,16-4-2)19-7-8-6-9(11)14-10(12)13-8/h6H,3-5,7H2,1-2H3. The van der Waals surface area contributed by atoms with E-state index in [1.54, 1.807) is 6.07 Å². The van der Waals surface area contributed by atoms with Crippen molar-refractivity contribution >= 4 is 51.7 Å². The van der Waals surface area contributed by atoms with Gasteiger partial charge >= 0.3 is 5.77 Å². The molecule has 0 spiro atoms. The van der Waals surface area contributed by atoms with Crippen molar-refractivity contribution in [3.8, 4) is 0 Å². The average molecular weight is 361 g/mol. The Labute approximate surface area is 131 Å². The first-order valence-electron chi connectivity index (χ1n) is 5.71. The summed E-state index contributed by atoms with van der Waals surface area (Å²) in [5.74, 6) is -1.52. The number of nitrogens with zero attached hydrogens (tertiary/aromatic N) is 2. The molecule has 4 nitrogen and oxygen atoms in total. The van der Waals surface area contributed by atoms with Gasteiger partial charge in [0.05, 0.1) is 12.3 Å². The molecule has 0 saturated heterocycles. The number of halogens is 2. The van der Waals surface area contributed by atoms with E-state index < -0.39 is 5.77 Å². The molecule has 9 heteroatoms. The van der Waals surface area contributed by atoms with Crippen LogP contribution in [0.2, 0.25) is 10.4 Å². The molecule has 108 valence electrons. The summed E-state index contributed by atoms with van der Waals surface area (Å²) < 4.78 is 17.9. The van der Waals surface area contributed by atoms with E-state index in [2.05, 4.69) is 9.97 Å². The zero-order chi connectivity index (χ0) is 14.3. The molecule has 1 heterocycles. The molecule has 1 aromatic heterocycles. The maximum absolute atomic E-state index is 12.5. The maximum Gasteiger partial charge on any atom is 0.313 e. The van der Waals surface area contributed by atoms with Gasteiger partial charge < -0.3 is 4.52 Å². The number of aromatic nitrogens is 2. The summed E-state index contributed by atoms with van der Waals surface area (Å²) >= 11 is 14.1. The van der Waals surface area contributed by atoms with E-state index in [1.807, 2.05) is 13.8 Å². The highest BCUT2D eigenvalue weighted by Gasteiger charge is 2.24. The third-order valence-corrected chi connectivity index (χ3v) is 9.78. The van der Waals surface area contributed by atoms with E-state index in [9.17, 15) is 4.57 Å². The third-order valence-electron chi connectivity index (χ3n) is 1.83. The molecule has 0 fully saturated rings. The zero-order valence-electron chi connectivity index (χ0n) is 10.6. The molecule has 0 aromatic carbocycles. The van der Waals surface area contributed by atoms with E-state index >= 15 is 0 Å². The molecule has 0 saturated carbocycles. The van der Waals surface area contributed by atoms with Crippen LogP contribution in [0, 0.1) is 0 Å². The van der Waals surface area contributed by atoms with Gasteiger partial charge in [-0.15, -0.1) is 0 Å². The van der Waals surface area contributed by atoms with Crippen molar-refractivity contribution in [1.29, 1.82) is 0 Å². The minimum Gasteiger partial charge on any atom is -0.314 e. The Bertz CT molecular complexity index is 445. The highest BCUT2D eigenvalue weighted by molar-refractivity contribution is 8.89. The van der Waals surface area contributed by atoms with E-state index in [4.69, 9.17) is 27.7 Å². The Morgan fingerprint density at radius 1 is 1.32 bits per heavy atom. The molecule has 0 N–H and O–H groups in total. The Morgan fingerprint density at radius 2 is 2.05 bits per heavy atom. The van der Waals surface area contributed by atoms with Crippen LogP contribution in [0.1, 0.15) is 26.0 Å². The molecule has 0 radical (unpaired) electrons. The fourth-order valence-corrected chi connectivity index (χ4v) is 8.17. The largest absolute Gasteiger partial charge is 0.314 e. The molecule has 0 bridgehead atoms. The molecule has 0 aliphatic rings. The second kappa shape index (κ2) is 8.75. The predicted octanol–water partition coefficient (Wildman–Crippen LogP) is 5.30. The van der Waals surface area contributed by atoms with Crippen LogP contribution in [0.3, 0.4) is 0 Å². The van der Waals surface area contributed by atoms with Gasteiger partial charge in [0.15, 0.2) is 0 Å². The van der Waals surface area contributed by atoms with Gasteiger partial charge in [-0.3, -0.25) is 4.57 Å². The number of hydrogen-bond donors (Lipinski definition) is 0. The van der Waals surface area contributed by atoms with Crippen LogP contribution < -0.4 is 0 Å². The van der Waals surface area contributed by atoms with Crippen molar-refractivity contribution < 1.29 is 9.09 Å². The summed E-state index contributed by atoms with van der Waals surface area (Å²) in [4.78, 5) is 7.81. The summed E-state index contributed by atoms with van der Waals surface area (Å²) in [6, 6.07) is 1.61. The van der Waals surface area contributed by atoms with Crippen molar-refractivity contribution in [3.63, 3.8) is 0 Å². The summed E-state index contributed by atoms with van der Waals surface area (Å²) in [5, 5.41) is 0.374. The van der Waals surface area contributed by atoms with Crippen molar-refractivity contribution in [2.24, 2.45) is 0 Å². The highest BCUT2D eigenvalue weighted by atomic mass is 35.5. The summed E-state index contributed by atoms with van der Waals surface area (Å²) in [6.45, 7) is 4.29. The van der Waals surface area contributed by atoms with Crippen LogP contribution in [-0.2, 0) is 14.8 Å². The summed E-state index contributed by atoms with van der Waals surface area (Å²) in [6.07, 6.45) is 0.952. The minimum absolute atomic E-state index is 0.0931. The first-order valence-corrected chi connectivity index (χ1v) is 11.3. The summed E-state index contributed by atoms with van der Waals surface area (Å²) in [7, 11) is 0. The average Bonchev–Trinajstić information content (AvgIpc) is 2.34. The van der Waals surface area contributed by atoms with Gasteiger partial charge in [-0.25, -0.2) is 9.97 Å². The monoisotopic (exact) mass is 360 g/mol. The van der Waals surface area contributed by atoms with Crippen molar-refractivity contribution in [2.45, 2.75) is 26.0 Å². The van der Waals surface area contributed by atoms with Crippen molar-refractivity contribution in [1.82, 2.24) is 9.97 Å². The zero-order valence-corrected chi connectivity index (χ0v) is 14.7. The third kappa shape index (κ3) is 6.69. The van der Waals surface area contributed by atoms with Crippen LogP contribution in [-0.4, -0.2) is 22.3 Å². The number of rotatable bonds is 8. The van der Waals surface area contributed by atoms with E-state index in [1.165, 1.54) is 22.8 Å². The van der Waals surface area contributed by atoms with Crippen molar-refractivity contribution in [3.05, 3.63) is 22.2 Å². The van der Waals surface area contributed by atoms with Gasteiger partial charge in [-0.1, -0.05) is 41.3 Å². The Balaban J connectivity index is 2.67. The summed E-state index contributed by atoms with van der Waals surface area (Å²) in [5.41, 5.74) is 0.645. The van der Waals surface area contributed by atoms with Gasteiger partial charge in [-0.2, -0.15) is 0 Å². The first kappa shape index (κ1) is 17.6. The van der Waals surface area contributed by atoms with Crippen LogP contribution in [0.5, 0.6) is 0 Å². The lowest BCUT2D eigenvalue weighted by molar-refractivity contribution is 0.357.